The van der Waals surface area contributed by atoms with Gasteiger partial charge in [-0.3, -0.25) is 0 Å². The van der Waals surface area contributed by atoms with Crippen molar-refractivity contribution in [3.63, 3.8) is 0 Å². The summed E-state index contributed by atoms with van der Waals surface area (Å²) < 4.78 is 26.8. The topological polar surface area (TPSA) is 73.2 Å². The number of nitrogens with one attached hydrogen (secondary N) is 1. The molecule has 0 bridgehead atoms. The van der Waals surface area contributed by atoms with E-state index in [4.69, 9.17) is 5.26 Å². The third-order valence-electron chi connectivity index (χ3n) is 3.44. The molecule has 2 rings (SSSR count). The first-order chi connectivity index (χ1) is 9.63. The average molecular weight is 293 g/mol. The van der Waals surface area contributed by atoms with Crippen molar-refractivity contribution in [3.05, 3.63) is 29.8 Å². The van der Waals surface area contributed by atoms with E-state index in [0.717, 1.165) is 26.1 Å². The van der Waals surface area contributed by atoms with Crippen LogP contribution in [-0.2, 0) is 10.0 Å². The minimum atomic E-state index is -3.59. The van der Waals surface area contributed by atoms with Gasteiger partial charge in [0.25, 0.3) is 0 Å². The smallest absolute Gasteiger partial charge is 0.241 e. The van der Waals surface area contributed by atoms with Crippen molar-refractivity contribution in [3.8, 4) is 6.07 Å². The largest absolute Gasteiger partial charge is 0.303 e. The zero-order valence-electron chi connectivity index (χ0n) is 11.4. The molecule has 1 aliphatic heterocycles. The fraction of sp³-hybridized carbons (Fsp3) is 0.500. The maximum atomic E-state index is 12.1. The van der Waals surface area contributed by atoms with Gasteiger partial charge in [-0.25, -0.2) is 13.1 Å². The molecule has 0 atom stereocenters. The van der Waals surface area contributed by atoms with E-state index in [1.54, 1.807) is 12.1 Å². The molecule has 1 fully saturated rings. The highest BCUT2D eigenvalue weighted by atomic mass is 32.2. The summed E-state index contributed by atoms with van der Waals surface area (Å²) in [6.45, 7) is 3.55. The lowest BCUT2D eigenvalue weighted by atomic mass is 10.2. The Kier molecular flexibility index (Phi) is 5.12. The standard InChI is InChI=1S/C14H19N3O2S/c15-12-13-6-1-2-7-14(13)20(18,19)16-8-5-11-17-9-3-4-10-17/h1-2,6-7,16H,3-5,8-11H2. The minimum Gasteiger partial charge on any atom is -0.303 e. The molecule has 108 valence electrons. The molecule has 1 N–H and O–H groups in total. The maximum absolute atomic E-state index is 12.1. The monoisotopic (exact) mass is 293 g/mol. The summed E-state index contributed by atoms with van der Waals surface area (Å²) in [7, 11) is -3.59. The minimum absolute atomic E-state index is 0.0590. The van der Waals surface area contributed by atoms with Crippen molar-refractivity contribution in [2.45, 2.75) is 24.2 Å². The molecule has 1 heterocycles. The van der Waals surface area contributed by atoms with E-state index >= 15 is 0 Å². The molecule has 0 spiro atoms. The van der Waals surface area contributed by atoms with Crippen LogP contribution >= 0.6 is 0 Å². The number of hydrogen-bond donors (Lipinski definition) is 1. The summed E-state index contributed by atoms with van der Waals surface area (Å²) in [6.07, 6.45) is 3.26. The van der Waals surface area contributed by atoms with Gasteiger partial charge in [0.2, 0.25) is 10.0 Å². The van der Waals surface area contributed by atoms with Crippen LogP contribution in [-0.4, -0.2) is 39.5 Å². The number of nitriles is 1. The number of hydrogen-bond acceptors (Lipinski definition) is 4. The predicted octanol–water partition coefficient (Wildman–Crippen LogP) is 1.32. The molecule has 1 aliphatic rings. The first-order valence-corrected chi connectivity index (χ1v) is 8.33. The first kappa shape index (κ1) is 15.0. The second-order valence-corrected chi connectivity index (χ2v) is 6.64. The van der Waals surface area contributed by atoms with E-state index in [9.17, 15) is 8.42 Å². The van der Waals surface area contributed by atoms with Gasteiger partial charge in [0.05, 0.1) is 10.5 Å². The van der Waals surface area contributed by atoms with Gasteiger partial charge in [0.15, 0.2) is 0 Å². The number of nitrogens with zero attached hydrogens (tertiary/aromatic N) is 2. The van der Waals surface area contributed by atoms with E-state index in [1.807, 2.05) is 6.07 Å². The third-order valence-corrected chi connectivity index (χ3v) is 4.96. The molecule has 5 nitrogen and oxygen atoms in total. The van der Waals surface area contributed by atoms with Crippen LogP contribution < -0.4 is 4.72 Å². The molecule has 0 amide bonds. The summed E-state index contributed by atoms with van der Waals surface area (Å²) >= 11 is 0. The summed E-state index contributed by atoms with van der Waals surface area (Å²) in [6, 6.07) is 8.16. The van der Waals surface area contributed by atoms with Crippen molar-refractivity contribution in [2.75, 3.05) is 26.2 Å². The van der Waals surface area contributed by atoms with Gasteiger partial charge in [0.1, 0.15) is 6.07 Å². The Hall–Kier alpha value is -1.42. The number of sulfonamides is 1. The molecular weight excluding hydrogens is 274 g/mol. The zero-order valence-corrected chi connectivity index (χ0v) is 12.2. The zero-order chi connectivity index (χ0) is 14.4. The molecule has 6 heteroatoms. The summed E-state index contributed by atoms with van der Waals surface area (Å²) in [5.74, 6) is 0. The van der Waals surface area contributed by atoms with Gasteiger partial charge in [-0.2, -0.15) is 5.26 Å². The molecule has 20 heavy (non-hydrogen) atoms. The fourth-order valence-electron chi connectivity index (χ4n) is 2.39. The summed E-state index contributed by atoms with van der Waals surface area (Å²) in [5, 5.41) is 8.95. The van der Waals surface area contributed by atoms with Crippen molar-refractivity contribution >= 4 is 10.0 Å². The van der Waals surface area contributed by atoms with Gasteiger partial charge in [-0.15, -0.1) is 0 Å². The Bertz CT molecular complexity index is 587. The van der Waals surface area contributed by atoms with Crippen LogP contribution in [0.4, 0.5) is 0 Å². The van der Waals surface area contributed by atoms with Crippen molar-refractivity contribution < 1.29 is 8.42 Å². The summed E-state index contributed by atoms with van der Waals surface area (Å²) in [5.41, 5.74) is 0.180. The summed E-state index contributed by atoms with van der Waals surface area (Å²) in [4.78, 5) is 2.40. The van der Waals surface area contributed by atoms with Gasteiger partial charge in [-0.1, -0.05) is 12.1 Å². The molecule has 0 aliphatic carbocycles. The Morgan fingerprint density at radius 1 is 1.25 bits per heavy atom. The van der Waals surface area contributed by atoms with Crippen molar-refractivity contribution in [1.82, 2.24) is 9.62 Å². The van der Waals surface area contributed by atoms with E-state index in [0.29, 0.717) is 6.54 Å². The van der Waals surface area contributed by atoms with Crippen LogP contribution in [0.5, 0.6) is 0 Å². The van der Waals surface area contributed by atoms with Crippen molar-refractivity contribution in [1.29, 1.82) is 5.26 Å². The van der Waals surface area contributed by atoms with Gasteiger partial charge >= 0.3 is 0 Å². The molecule has 1 aromatic rings. The number of rotatable bonds is 6. The lowest BCUT2D eigenvalue weighted by Gasteiger charge is -2.14. The third kappa shape index (κ3) is 3.79. The van der Waals surface area contributed by atoms with E-state index in [-0.39, 0.29) is 10.5 Å². The van der Waals surface area contributed by atoms with Crippen LogP contribution in [0.2, 0.25) is 0 Å². The molecule has 0 unspecified atom stereocenters. The first-order valence-electron chi connectivity index (χ1n) is 6.84. The highest BCUT2D eigenvalue weighted by molar-refractivity contribution is 7.89. The fourth-order valence-corrected chi connectivity index (χ4v) is 3.62. The lowest BCUT2D eigenvalue weighted by Crippen LogP contribution is -2.29. The molecular formula is C14H19N3O2S. The van der Waals surface area contributed by atoms with Crippen molar-refractivity contribution in [2.24, 2.45) is 0 Å². The second kappa shape index (κ2) is 6.84. The Morgan fingerprint density at radius 2 is 1.95 bits per heavy atom. The second-order valence-electron chi connectivity index (χ2n) is 4.91. The highest BCUT2D eigenvalue weighted by Gasteiger charge is 2.17. The van der Waals surface area contributed by atoms with E-state index < -0.39 is 10.0 Å². The number of likely N-dealkylation sites (tertiary alicyclic amines) is 1. The number of benzene rings is 1. The highest BCUT2D eigenvalue weighted by Crippen LogP contribution is 2.14. The van der Waals surface area contributed by atoms with Gasteiger partial charge in [-0.05, 0) is 51.0 Å². The maximum Gasteiger partial charge on any atom is 0.241 e. The average Bonchev–Trinajstić information content (AvgIpc) is 2.97. The molecule has 1 aromatic carbocycles. The molecule has 1 saturated heterocycles. The Balaban J connectivity index is 1.89. The van der Waals surface area contributed by atoms with Crippen LogP contribution in [0.15, 0.2) is 29.2 Å². The van der Waals surface area contributed by atoms with Crippen LogP contribution in [0, 0.1) is 11.3 Å². The van der Waals surface area contributed by atoms with Crippen LogP contribution in [0.1, 0.15) is 24.8 Å². The predicted molar refractivity (Wildman–Crippen MR) is 76.6 cm³/mol. The van der Waals surface area contributed by atoms with E-state index in [1.165, 1.54) is 25.0 Å². The van der Waals surface area contributed by atoms with E-state index in [2.05, 4.69) is 9.62 Å². The normalized spacial score (nSPS) is 16.1. The van der Waals surface area contributed by atoms with Gasteiger partial charge in [0, 0.05) is 6.54 Å². The molecule has 0 saturated carbocycles. The SMILES string of the molecule is N#Cc1ccccc1S(=O)(=O)NCCCN1CCCC1. The molecule has 0 aromatic heterocycles. The quantitative estimate of drug-likeness (QED) is 0.803. The van der Waals surface area contributed by atoms with Crippen LogP contribution in [0.25, 0.3) is 0 Å². The molecule has 0 radical (unpaired) electrons. The Morgan fingerprint density at radius 3 is 2.65 bits per heavy atom. The lowest BCUT2D eigenvalue weighted by molar-refractivity contribution is 0.334. The Labute approximate surface area is 120 Å². The van der Waals surface area contributed by atoms with Crippen LogP contribution in [0.3, 0.4) is 0 Å². The van der Waals surface area contributed by atoms with Gasteiger partial charge < -0.3 is 4.90 Å².